The zero-order valence-corrected chi connectivity index (χ0v) is 13.0. The Labute approximate surface area is 133 Å². The van der Waals surface area contributed by atoms with Gasteiger partial charge in [0.05, 0.1) is 12.0 Å². The molecule has 0 radical (unpaired) electrons. The summed E-state index contributed by atoms with van der Waals surface area (Å²) in [4.78, 5) is 18.0. The number of hydrogen-bond acceptors (Lipinski definition) is 5. The van der Waals surface area contributed by atoms with Crippen LogP contribution in [-0.4, -0.2) is 39.6 Å². The molecule has 0 atom stereocenters. The van der Waals surface area contributed by atoms with Gasteiger partial charge >= 0.3 is 0 Å². The molecule has 3 aromatic heterocycles. The highest BCUT2D eigenvalue weighted by atomic mass is 35.5. The summed E-state index contributed by atoms with van der Waals surface area (Å²) >= 11 is 6.09. The van der Waals surface area contributed by atoms with Crippen LogP contribution in [0.5, 0.6) is 0 Å². The van der Waals surface area contributed by atoms with Crippen LogP contribution in [0.3, 0.4) is 0 Å². The Hall–Kier alpha value is -2.34. The van der Waals surface area contributed by atoms with E-state index in [1.54, 1.807) is 12.5 Å². The Kier molecular flexibility index (Phi) is 4.39. The molecule has 6 nitrogen and oxygen atoms in total. The molecule has 3 rings (SSSR count). The van der Waals surface area contributed by atoms with Crippen LogP contribution in [-0.2, 0) is 0 Å². The van der Waals surface area contributed by atoms with Gasteiger partial charge in [-0.3, -0.25) is 0 Å². The average Bonchev–Trinajstić information content (AvgIpc) is 3.00. The van der Waals surface area contributed by atoms with Gasteiger partial charge in [0.2, 0.25) is 0 Å². The molecule has 3 aromatic rings. The lowest BCUT2D eigenvalue weighted by Gasteiger charge is -2.23. The van der Waals surface area contributed by atoms with E-state index >= 15 is 0 Å². The van der Waals surface area contributed by atoms with Crippen LogP contribution in [0, 0.1) is 0 Å². The fraction of sp³-hybridized carbons (Fsp3) is 0.267. The lowest BCUT2D eigenvalue weighted by Crippen LogP contribution is -2.29. The molecule has 0 spiro atoms. The summed E-state index contributed by atoms with van der Waals surface area (Å²) in [7, 11) is 0. The van der Waals surface area contributed by atoms with Crippen LogP contribution in [0.15, 0.2) is 36.8 Å². The van der Waals surface area contributed by atoms with E-state index in [1.165, 1.54) is 0 Å². The van der Waals surface area contributed by atoms with Crippen molar-refractivity contribution < 1.29 is 0 Å². The van der Waals surface area contributed by atoms with E-state index in [2.05, 4.69) is 37.1 Å². The zero-order valence-electron chi connectivity index (χ0n) is 12.3. The summed E-state index contributed by atoms with van der Waals surface area (Å²) in [6.45, 7) is 4.57. The molecule has 0 fully saturated rings. The molecule has 0 unspecified atom stereocenters. The van der Waals surface area contributed by atoms with E-state index in [1.807, 2.05) is 24.3 Å². The molecule has 22 heavy (non-hydrogen) atoms. The normalized spacial score (nSPS) is 10.8. The van der Waals surface area contributed by atoms with E-state index < -0.39 is 0 Å². The van der Waals surface area contributed by atoms with Crippen molar-refractivity contribution in [2.24, 2.45) is 0 Å². The maximum Gasteiger partial charge on any atom is 0.180 e. The molecule has 0 aliphatic rings. The number of H-pyrrole nitrogens is 1. The SMILES string of the molecule is CCN(CCNc1ccccn1)c1cc(Cl)nc2nc[nH]c12. The lowest BCUT2D eigenvalue weighted by atomic mass is 10.3. The van der Waals surface area contributed by atoms with Crippen LogP contribution in [0.25, 0.3) is 11.2 Å². The van der Waals surface area contributed by atoms with Crippen LogP contribution >= 0.6 is 11.6 Å². The van der Waals surface area contributed by atoms with E-state index in [4.69, 9.17) is 11.6 Å². The minimum Gasteiger partial charge on any atom is -0.368 e. The predicted molar refractivity (Wildman–Crippen MR) is 89.5 cm³/mol. The average molecular weight is 317 g/mol. The largest absolute Gasteiger partial charge is 0.368 e. The van der Waals surface area contributed by atoms with Gasteiger partial charge in [-0.25, -0.2) is 15.0 Å². The summed E-state index contributed by atoms with van der Waals surface area (Å²) < 4.78 is 0. The minimum atomic E-state index is 0.450. The van der Waals surface area contributed by atoms with Crippen molar-refractivity contribution in [3.8, 4) is 0 Å². The Bertz CT molecular complexity index is 742. The summed E-state index contributed by atoms with van der Waals surface area (Å²) in [6, 6.07) is 7.68. The summed E-state index contributed by atoms with van der Waals surface area (Å²) in [6.07, 6.45) is 3.41. The highest BCUT2D eigenvalue weighted by Gasteiger charge is 2.12. The lowest BCUT2D eigenvalue weighted by molar-refractivity contribution is 0.835. The van der Waals surface area contributed by atoms with Crippen molar-refractivity contribution in [1.29, 1.82) is 0 Å². The number of imidazole rings is 1. The Morgan fingerprint density at radius 3 is 3.00 bits per heavy atom. The van der Waals surface area contributed by atoms with Crippen molar-refractivity contribution in [3.63, 3.8) is 0 Å². The first-order chi connectivity index (χ1) is 10.8. The van der Waals surface area contributed by atoms with Crippen molar-refractivity contribution >= 4 is 34.3 Å². The summed E-state index contributed by atoms with van der Waals surface area (Å²) in [5.74, 6) is 0.873. The molecule has 0 aliphatic heterocycles. The summed E-state index contributed by atoms with van der Waals surface area (Å²) in [5.41, 5.74) is 2.56. The maximum atomic E-state index is 6.09. The molecule has 0 bridgehead atoms. The van der Waals surface area contributed by atoms with Gasteiger partial charge < -0.3 is 15.2 Å². The number of fused-ring (bicyclic) bond motifs is 1. The maximum absolute atomic E-state index is 6.09. The number of nitrogens with one attached hydrogen (secondary N) is 2. The molecular weight excluding hydrogens is 300 g/mol. The predicted octanol–water partition coefficient (Wildman–Crippen LogP) is 2.94. The van der Waals surface area contributed by atoms with E-state index in [-0.39, 0.29) is 0 Å². The minimum absolute atomic E-state index is 0.450. The monoisotopic (exact) mass is 316 g/mol. The second kappa shape index (κ2) is 6.62. The standard InChI is InChI=1S/C15H17ClN6/c1-2-22(8-7-18-13-5-3-4-6-17-13)11-9-12(16)21-15-14(11)19-10-20-15/h3-6,9-10H,2,7-8H2,1H3,(H,17,18)(H,19,20,21). The number of halogens is 1. The third-order valence-corrected chi connectivity index (χ3v) is 3.61. The first-order valence-electron chi connectivity index (χ1n) is 7.17. The van der Waals surface area contributed by atoms with Gasteiger partial charge in [-0.05, 0) is 19.1 Å². The molecule has 0 aliphatic carbocycles. The van der Waals surface area contributed by atoms with Gasteiger partial charge in [0.25, 0.3) is 0 Å². The number of hydrogen-bond donors (Lipinski definition) is 2. The molecular formula is C15H17ClN6. The Balaban J connectivity index is 1.74. The number of aromatic nitrogens is 4. The fourth-order valence-corrected chi connectivity index (χ4v) is 2.55. The molecule has 3 heterocycles. The number of nitrogens with zero attached hydrogens (tertiary/aromatic N) is 4. The van der Waals surface area contributed by atoms with Crippen LogP contribution in [0.2, 0.25) is 5.15 Å². The number of pyridine rings is 2. The fourth-order valence-electron chi connectivity index (χ4n) is 2.36. The number of rotatable bonds is 6. The number of likely N-dealkylation sites (N-methyl/N-ethyl adjacent to an activating group) is 1. The van der Waals surface area contributed by atoms with Gasteiger partial charge in [-0.2, -0.15) is 0 Å². The van der Waals surface area contributed by atoms with Gasteiger partial charge in [-0.15, -0.1) is 0 Å². The van der Waals surface area contributed by atoms with Crippen LogP contribution in [0.1, 0.15) is 6.92 Å². The van der Waals surface area contributed by atoms with Crippen molar-refractivity contribution in [1.82, 2.24) is 19.9 Å². The molecule has 0 amide bonds. The third kappa shape index (κ3) is 3.12. The zero-order chi connectivity index (χ0) is 15.4. The van der Waals surface area contributed by atoms with Crippen LogP contribution in [0.4, 0.5) is 11.5 Å². The van der Waals surface area contributed by atoms with Gasteiger partial charge in [0.1, 0.15) is 16.5 Å². The molecule has 0 saturated carbocycles. The second-order valence-corrected chi connectivity index (χ2v) is 5.17. The third-order valence-electron chi connectivity index (χ3n) is 3.42. The number of aromatic amines is 1. The molecule has 2 N–H and O–H groups in total. The molecule has 114 valence electrons. The van der Waals surface area contributed by atoms with Gasteiger partial charge in [0.15, 0.2) is 5.65 Å². The molecule has 0 saturated heterocycles. The number of anilines is 2. The van der Waals surface area contributed by atoms with Crippen LogP contribution < -0.4 is 10.2 Å². The van der Waals surface area contributed by atoms with Crippen molar-refractivity contribution in [2.45, 2.75) is 6.92 Å². The second-order valence-electron chi connectivity index (χ2n) is 4.79. The van der Waals surface area contributed by atoms with E-state index in [0.29, 0.717) is 10.8 Å². The van der Waals surface area contributed by atoms with Gasteiger partial charge in [0, 0.05) is 31.9 Å². The Morgan fingerprint density at radius 1 is 1.32 bits per heavy atom. The molecule has 0 aromatic carbocycles. The smallest absolute Gasteiger partial charge is 0.180 e. The Morgan fingerprint density at radius 2 is 2.23 bits per heavy atom. The van der Waals surface area contributed by atoms with E-state index in [0.717, 1.165) is 36.7 Å². The molecule has 7 heteroatoms. The first-order valence-corrected chi connectivity index (χ1v) is 7.55. The van der Waals surface area contributed by atoms with Crippen molar-refractivity contribution in [3.05, 3.63) is 41.9 Å². The van der Waals surface area contributed by atoms with Crippen molar-refractivity contribution in [2.75, 3.05) is 29.9 Å². The van der Waals surface area contributed by atoms with Gasteiger partial charge in [-0.1, -0.05) is 17.7 Å². The highest BCUT2D eigenvalue weighted by Crippen LogP contribution is 2.26. The highest BCUT2D eigenvalue weighted by molar-refractivity contribution is 6.30. The first kappa shape index (κ1) is 14.6. The summed E-state index contributed by atoms with van der Waals surface area (Å²) in [5, 5.41) is 3.76. The van der Waals surface area contributed by atoms with E-state index in [9.17, 15) is 0 Å². The quantitative estimate of drug-likeness (QED) is 0.684. The topological polar surface area (TPSA) is 69.7 Å².